The van der Waals surface area contributed by atoms with Crippen molar-refractivity contribution in [3.8, 4) is 0 Å². The largest absolute Gasteiger partial charge is 0.313 e. The molecule has 0 spiro atoms. The van der Waals surface area contributed by atoms with Gasteiger partial charge in [-0.1, -0.05) is 27.2 Å². The Labute approximate surface area is 128 Å². The molecule has 1 aromatic heterocycles. The van der Waals surface area contributed by atoms with Gasteiger partial charge in [-0.15, -0.1) is 11.8 Å². The fourth-order valence-corrected chi connectivity index (χ4v) is 5.00. The van der Waals surface area contributed by atoms with Crippen LogP contribution in [0.5, 0.6) is 0 Å². The number of nitrogens with zero attached hydrogens (tertiary/aromatic N) is 1. The van der Waals surface area contributed by atoms with E-state index in [0.717, 1.165) is 12.2 Å². The van der Waals surface area contributed by atoms with E-state index in [4.69, 9.17) is 4.98 Å². The third kappa shape index (κ3) is 3.76. The van der Waals surface area contributed by atoms with Gasteiger partial charge >= 0.3 is 0 Å². The van der Waals surface area contributed by atoms with Crippen LogP contribution in [0.4, 0.5) is 0 Å². The Morgan fingerprint density at radius 1 is 1.35 bits per heavy atom. The van der Waals surface area contributed by atoms with Crippen molar-refractivity contribution in [3.63, 3.8) is 0 Å². The summed E-state index contributed by atoms with van der Waals surface area (Å²) < 4.78 is 0. The Bertz CT molecular complexity index is 436. The number of hydrogen-bond acceptors (Lipinski definition) is 3. The number of aromatic nitrogens is 1. The summed E-state index contributed by atoms with van der Waals surface area (Å²) in [4.78, 5) is 4.71. The third-order valence-electron chi connectivity index (χ3n) is 4.29. The van der Waals surface area contributed by atoms with E-state index in [1.54, 1.807) is 0 Å². The lowest BCUT2D eigenvalue weighted by molar-refractivity contribution is 0.176. The lowest BCUT2D eigenvalue weighted by Gasteiger charge is -2.44. The molecule has 20 heavy (non-hydrogen) atoms. The van der Waals surface area contributed by atoms with E-state index >= 15 is 0 Å². The predicted molar refractivity (Wildman–Crippen MR) is 88.5 cm³/mol. The first-order valence-electron chi connectivity index (χ1n) is 7.77. The van der Waals surface area contributed by atoms with Crippen molar-refractivity contribution in [2.45, 2.75) is 70.2 Å². The standard InChI is InChI=1S/C17H28N2S/c1-6-18-16-14(8-7-9-17(16,4)5)20-15-11-12(2)10-13(3)19-15/h10-11,14,16,18H,6-9H2,1-5H3. The summed E-state index contributed by atoms with van der Waals surface area (Å²) in [6.07, 6.45) is 3.94. The molecule has 2 unspecified atom stereocenters. The van der Waals surface area contributed by atoms with Crippen molar-refractivity contribution in [1.82, 2.24) is 10.3 Å². The molecule has 0 amide bonds. The molecule has 1 aliphatic rings. The second-order valence-electron chi connectivity index (χ2n) is 6.70. The lowest BCUT2D eigenvalue weighted by atomic mass is 9.73. The highest BCUT2D eigenvalue weighted by Crippen LogP contribution is 2.42. The van der Waals surface area contributed by atoms with Crippen molar-refractivity contribution >= 4 is 11.8 Å². The van der Waals surface area contributed by atoms with Gasteiger partial charge in [0.2, 0.25) is 0 Å². The molecule has 0 bridgehead atoms. The first-order chi connectivity index (χ1) is 9.42. The molecule has 112 valence electrons. The number of nitrogens with one attached hydrogen (secondary N) is 1. The van der Waals surface area contributed by atoms with Crippen LogP contribution >= 0.6 is 11.8 Å². The first-order valence-corrected chi connectivity index (χ1v) is 8.65. The van der Waals surface area contributed by atoms with E-state index < -0.39 is 0 Å². The summed E-state index contributed by atoms with van der Waals surface area (Å²) in [6, 6.07) is 4.95. The summed E-state index contributed by atoms with van der Waals surface area (Å²) >= 11 is 1.97. The predicted octanol–water partition coefficient (Wildman–Crippen LogP) is 4.35. The number of thioether (sulfide) groups is 1. The molecule has 1 saturated carbocycles. The lowest BCUT2D eigenvalue weighted by Crippen LogP contribution is -2.51. The van der Waals surface area contributed by atoms with Crippen LogP contribution in [-0.2, 0) is 0 Å². The number of aryl methyl sites for hydroxylation is 2. The molecule has 1 heterocycles. The summed E-state index contributed by atoms with van der Waals surface area (Å²) in [5.41, 5.74) is 2.82. The molecule has 0 radical (unpaired) electrons. The highest BCUT2D eigenvalue weighted by molar-refractivity contribution is 7.99. The van der Waals surface area contributed by atoms with Gasteiger partial charge in [-0.05, 0) is 56.3 Å². The molecule has 2 atom stereocenters. The molecule has 2 rings (SSSR count). The van der Waals surface area contributed by atoms with Gasteiger partial charge in [0.25, 0.3) is 0 Å². The SMILES string of the molecule is CCNC1C(Sc2cc(C)cc(C)n2)CCCC1(C)C. The fourth-order valence-electron chi connectivity index (χ4n) is 3.36. The highest BCUT2D eigenvalue weighted by atomic mass is 32.2. The van der Waals surface area contributed by atoms with Crippen LogP contribution in [0.25, 0.3) is 0 Å². The second-order valence-corrected chi connectivity index (χ2v) is 7.96. The smallest absolute Gasteiger partial charge is 0.0968 e. The van der Waals surface area contributed by atoms with Gasteiger partial charge in [0.1, 0.15) is 0 Å². The van der Waals surface area contributed by atoms with Gasteiger partial charge in [-0.25, -0.2) is 4.98 Å². The fraction of sp³-hybridized carbons (Fsp3) is 0.706. The van der Waals surface area contributed by atoms with E-state index in [9.17, 15) is 0 Å². The Morgan fingerprint density at radius 2 is 2.10 bits per heavy atom. The van der Waals surface area contributed by atoms with E-state index in [0.29, 0.717) is 16.7 Å². The maximum atomic E-state index is 4.71. The maximum absolute atomic E-state index is 4.71. The minimum atomic E-state index is 0.380. The molecule has 0 aromatic carbocycles. The zero-order valence-corrected chi connectivity index (χ0v) is 14.3. The van der Waals surface area contributed by atoms with Crippen molar-refractivity contribution in [2.75, 3.05) is 6.54 Å². The Kier molecular flexibility index (Phi) is 5.14. The topological polar surface area (TPSA) is 24.9 Å². The van der Waals surface area contributed by atoms with Crippen LogP contribution in [0.3, 0.4) is 0 Å². The van der Waals surface area contributed by atoms with Gasteiger partial charge in [0.15, 0.2) is 0 Å². The van der Waals surface area contributed by atoms with Crippen LogP contribution in [0.15, 0.2) is 17.2 Å². The Balaban J connectivity index is 2.17. The molecule has 0 saturated heterocycles. The van der Waals surface area contributed by atoms with Gasteiger partial charge in [-0.3, -0.25) is 0 Å². The van der Waals surface area contributed by atoms with Gasteiger partial charge in [-0.2, -0.15) is 0 Å². The van der Waals surface area contributed by atoms with Crippen molar-refractivity contribution in [2.24, 2.45) is 5.41 Å². The number of rotatable bonds is 4. The minimum Gasteiger partial charge on any atom is -0.313 e. The van der Waals surface area contributed by atoms with Crippen LogP contribution in [0, 0.1) is 19.3 Å². The van der Waals surface area contributed by atoms with Gasteiger partial charge in [0.05, 0.1) is 5.03 Å². The Morgan fingerprint density at radius 3 is 2.75 bits per heavy atom. The molecule has 0 aliphatic heterocycles. The molecule has 1 N–H and O–H groups in total. The zero-order chi connectivity index (χ0) is 14.8. The Hall–Kier alpha value is -0.540. The molecular formula is C17H28N2S. The van der Waals surface area contributed by atoms with Crippen molar-refractivity contribution < 1.29 is 0 Å². The average Bonchev–Trinajstić information content (AvgIpc) is 2.32. The van der Waals surface area contributed by atoms with E-state index in [-0.39, 0.29) is 0 Å². The summed E-state index contributed by atoms with van der Waals surface area (Å²) in [7, 11) is 0. The summed E-state index contributed by atoms with van der Waals surface area (Å²) in [6.45, 7) is 12.3. The molecule has 1 aliphatic carbocycles. The average molecular weight is 292 g/mol. The summed E-state index contributed by atoms with van der Waals surface area (Å²) in [5, 5.41) is 5.55. The van der Waals surface area contributed by atoms with E-state index in [1.165, 1.54) is 29.9 Å². The molecule has 1 aromatic rings. The number of hydrogen-bond donors (Lipinski definition) is 1. The minimum absolute atomic E-state index is 0.380. The van der Waals surface area contributed by atoms with Crippen LogP contribution in [-0.4, -0.2) is 22.8 Å². The molecule has 3 heteroatoms. The summed E-state index contributed by atoms with van der Waals surface area (Å²) in [5.74, 6) is 0. The van der Waals surface area contributed by atoms with Crippen molar-refractivity contribution in [1.29, 1.82) is 0 Å². The molecule has 2 nitrogen and oxygen atoms in total. The quantitative estimate of drug-likeness (QED) is 0.893. The zero-order valence-electron chi connectivity index (χ0n) is 13.5. The maximum Gasteiger partial charge on any atom is 0.0968 e. The first kappa shape index (κ1) is 15.8. The highest BCUT2D eigenvalue weighted by Gasteiger charge is 2.38. The van der Waals surface area contributed by atoms with Gasteiger partial charge in [0, 0.05) is 17.0 Å². The monoisotopic (exact) mass is 292 g/mol. The van der Waals surface area contributed by atoms with E-state index in [2.05, 4.69) is 52.1 Å². The molecule has 1 fully saturated rings. The normalized spacial score (nSPS) is 25.6. The molecular weight excluding hydrogens is 264 g/mol. The van der Waals surface area contributed by atoms with Crippen LogP contribution < -0.4 is 5.32 Å². The van der Waals surface area contributed by atoms with Crippen LogP contribution in [0.1, 0.15) is 51.3 Å². The second kappa shape index (κ2) is 6.48. The van der Waals surface area contributed by atoms with Crippen LogP contribution in [0.2, 0.25) is 0 Å². The van der Waals surface area contributed by atoms with E-state index in [1.807, 2.05) is 11.8 Å². The number of pyridine rings is 1. The van der Waals surface area contributed by atoms with Crippen molar-refractivity contribution in [3.05, 3.63) is 23.4 Å². The third-order valence-corrected chi connectivity index (χ3v) is 5.56. The van der Waals surface area contributed by atoms with Gasteiger partial charge < -0.3 is 5.32 Å².